The van der Waals surface area contributed by atoms with Crippen molar-refractivity contribution in [3.8, 4) is 11.3 Å². The number of carbonyl (C=O) groups is 1. The molecule has 2 N–H and O–H groups in total. The zero-order valence-corrected chi connectivity index (χ0v) is 15.5. The zero-order valence-electron chi connectivity index (χ0n) is 15.5. The molecule has 2 aliphatic rings. The summed E-state index contributed by atoms with van der Waals surface area (Å²) in [6.45, 7) is 1.56. The van der Waals surface area contributed by atoms with Crippen LogP contribution >= 0.6 is 0 Å². The van der Waals surface area contributed by atoms with E-state index in [0.29, 0.717) is 5.65 Å². The van der Waals surface area contributed by atoms with Crippen LogP contribution in [0.25, 0.3) is 16.9 Å². The Morgan fingerprint density at radius 2 is 1.93 bits per heavy atom. The molecule has 0 saturated heterocycles. The van der Waals surface area contributed by atoms with E-state index in [1.807, 2.05) is 6.07 Å². The van der Waals surface area contributed by atoms with E-state index < -0.39 is 5.97 Å². The summed E-state index contributed by atoms with van der Waals surface area (Å²) < 4.78 is 1.66. The molecule has 8 nitrogen and oxygen atoms in total. The second-order valence-corrected chi connectivity index (χ2v) is 7.69. The van der Waals surface area contributed by atoms with Gasteiger partial charge in [0.25, 0.3) is 0 Å². The Morgan fingerprint density at radius 1 is 1.17 bits per heavy atom. The summed E-state index contributed by atoms with van der Waals surface area (Å²) in [6.07, 6.45) is 5.46. The largest absolute Gasteiger partial charge is 0.476 e. The van der Waals surface area contributed by atoms with Gasteiger partial charge in [-0.05, 0) is 29.9 Å². The molecule has 0 atom stereocenters. The number of H-pyrrole nitrogens is 1. The van der Waals surface area contributed by atoms with Crippen molar-refractivity contribution in [1.82, 2.24) is 24.8 Å². The highest BCUT2D eigenvalue weighted by molar-refractivity contribution is 5.90. The predicted molar refractivity (Wildman–Crippen MR) is 106 cm³/mol. The lowest BCUT2D eigenvalue weighted by Crippen LogP contribution is -2.17. The Hall–Kier alpha value is -3.68. The van der Waals surface area contributed by atoms with Gasteiger partial charge < -0.3 is 10.0 Å². The standard InChI is InChI=1S/C21H18N6O2/c28-21(29)19-18(12-5-6-12)20-24-17(26-10-13-3-1-2-4-14(13)11-26)7-16(27(20)25-19)15-8-22-23-9-15/h1-4,7-9,12H,5-6,10-11H2,(H,22,23)(H,28,29). The first kappa shape index (κ1) is 16.3. The Morgan fingerprint density at radius 3 is 2.55 bits per heavy atom. The number of nitrogens with one attached hydrogen (secondary N) is 1. The number of aromatic carboxylic acids is 1. The van der Waals surface area contributed by atoms with Gasteiger partial charge in [0.2, 0.25) is 0 Å². The van der Waals surface area contributed by atoms with E-state index in [1.165, 1.54) is 11.1 Å². The van der Waals surface area contributed by atoms with Crippen LogP contribution in [-0.4, -0.2) is 35.9 Å². The van der Waals surface area contributed by atoms with E-state index >= 15 is 0 Å². The molecule has 1 fully saturated rings. The second-order valence-electron chi connectivity index (χ2n) is 7.69. The monoisotopic (exact) mass is 386 g/mol. The van der Waals surface area contributed by atoms with Crippen LogP contribution in [-0.2, 0) is 13.1 Å². The maximum atomic E-state index is 11.9. The van der Waals surface area contributed by atoms with Gasteiger partial charge in [-0.3, -0.25) is 5.10 Å². The molecule has 0 bridgehead atoms. The number of nitrogens with zero attached hydrogens (tertiary/aromatic N) is 5. The van der Waals surface area contributed by atoms with Crippen LogP contribution in [0.3, 0.4) is 0 Å². The van der Waals surface area contributed by atoms with E-state index in [1.54, 1.807) is 16.9 Å². The van der Waals surface area contributed by atoms with Gasteiger partial charge in [0.05, 0.1) is 11.9 Å². The van der Waals surface area contributed by atoms with Crippen molar-refractivity contribution < 1.29 is 9.90 Å². The molecule has 1 aliphatic heterocycles. The maximum Gasteiger partial charge on any atom is 0.356 e. The lowest BCUT2D eigenvalue weighted by Gasteiger charge is -2.18. The molecule has 1 aliphatic carbocycles. The molecule has 1 saturated carbocycles. The molecule has 0 unspecified atom stereocenters. The van der Waals surface area contributed by atoms with Crippen molar-refractivity contribution in [2.75, 3.05) is 4.90 Å². The molecule has 4 aromatic rings. The third kappa shape index (κ3) is 2.52. The van der Waals surface area contributed by atoms with Gasteiger partial charge in [0.15, 0.2) is 11.3 Å². The number of hydrogen-bond acceptors (Lipinski definition) is 5. The van der Waals surface area contributed by atoms with E-state index in [-0.39, 0.29) is 11.6 Å². The molecular weight excluding hydrogens is 368 g/mol. The van der Waals surface area contributed by atoms with Crippen molar-refractivity contribution in [2.45, 2.75) is 31.8 Å². The van der Waals surface area contributed by atoms with E-state index in [2.05, 4.69) is 44.5 Å². The van der Waals surface area contributed by atoms with Crippen LogP contribution in [0, 0.1) is 0 Å². The quantitative estimate of drug-likeness (QED) is 0.559. The van der Waals surface area contributed by atoms with Crippen molar-refractivity contribution in [3.63, 3.8) is 0 Å². The lowest BCUT2D eigenvalue weighted by atomic mass is 10.1. The number of aromatic nitrogens is 5. The van der Waals surface area contributed by atoms with Gasteiger partial charge in [-0.1, -0.05) is 24.3 Å². The average Bonchev–Trinajstić information content (AvgIpc) is 3.14. The van der Waals surface area contributed by atoms with Gasteiger partial charge in [-0.2, -0.15) is 10.2 Å². The fourth-order valence-corrected chi connectivity index (χ4v) is 4.18. The van der Waals surface area contributed by atoms with E-state index in [0.717, 1.165) is 48.6 Å². The molecule has 29 heavy (non-hydrogen) atoms. The highest BCUT2D eigenvalue weighted by Gasteiger charge is 2.35. The third-order valence-electron chi connectivity index (χ3n) is 5.76. The number of anilines is 1. The summed E-state index contributed by atoms with van der Waals surface area (Å²) >= 11 is 0. The number of carboxylic acids is 1. The Bertz CT molecular complexity index is 1230. The number of aromatic amines is 1. The smallest absolute Gasteiger partial charge is 0.356 e. The predicted octanol–water partition coefficient (Wildman–Crippen LogP) is 3.22. The number of fused-ring (bicyclic) bond motifs is 2. The normalized spacial score (nSPS) is 15.8. The molecule has 6 rings (SSSR count). The Kier molecular flexibility index (Phi) is 3.32. The van der Waals surface area contributed by atoms with Crippen molar-refractivity contribution in [3.05, 3.63) is 65.1 Å². The Balaban J connectivity index is 1.57. The SMILES string of the molecule is O=C(O)c1nn2c(-c3cn[nH]c3)cc(N3Cc4ccccc4C3)nc2c1C1CC1. The first-order chi connectivity index (χ1) is 14.2. The van der Waals surface area contributed by atoms with Gasteiger partial charge in [0, 0.05) is 36.5 Å². The molecule has 4 heterocycles. The van der Waals surface area contributed by atoms with Crippen LogP contribution in [0.15, 0.2) is 42.7 Å². The summed E-state index contributed by atoms with van der Waals surface area (Å²) in [5, 5.41) is 21.1. The maximum absolute atomic E-state index is 11.9. The van der Waals surface area contributed by atoms with E-state index in [4.69, 9.17) is 4.98 Å². The molecule has 0 radical (unpaired) electrons. The first-order valence-corrected chi connectivity index (χ1v) is 9.67. The van der Waals surface area contributed by atoms with Crippen molar-refractivity contribution in [1.29, 1.82) is 0 Å². The van der Waals surface area contributed by atoms with Gasteiger partial charge in [-0.15, -0.1) is 0 Å². The summed E-state index contributed by atoms with van der Waals surface area (Å²) in [5.74, 6) is 0.0311. The van der Waals surface area contributed by atoms with Crippen LogP contribution in [0.4, 0.5) is 5.82 Å². The third-order valence-corrected chi connectivity index (χ3v) is 5.76. The minimum Gasteiger partial charge on any atom is -0.476 e. The van der Waals surface area contributed by atoms with Crippen molar-refractivity contribution in [2.24, 2.45) is 0 Å². The first-order valence-electron chi connectivity index (χ1n) is 9.67. The van der Waals surface area contributed by atoms with Crippen LogP contribution < -0.4 is 4.90 Å². The number of carboxylic acid groups (broad SMARTS) is 1. The summed E-state index contributed by atoms with van der Waals surface area (Å²) in [5.41, 5.74) is 5.70. The number of benzene rings is 1. The van der Waals surface area contributed by atoms with Crippen molar-refractivity contribution >= 4 is 17.4 Å². The molecule has 144 valence electrons. The molecule has 1 aromatic carbocycles. The summed E-state index contributed by atoms with van der Waals surface area (Å²) in [6, 6.07) is 10.4. The second kappa shape index (κ2) is 5.91. The summed E-state index contributed by atoms with van der Waals surface area (Å²) in [4.78, 5) is 19.0. The lowest BCUT2D eigenvalue weighted by molar-refractivity contribution is 0.0689. The van der Waals surface area contributed by atoms with E-state index in [9.17, 15) is 9.90 Å². The van der Waals surface area contributed by atoms with Crippen LogP contribution in [0.5, 0.6) is 0 Å². The average molecular weight is 386 g/mol. The van der Waals surface area contributed by atoms with Crippen LogP contribution in [0.2, 0.25) is 0 Å². The fraction of sp³-hybridized carbons (Fsp3) is 0.238. The minimum atomic E-state index is -1.01. The molecule has 3 aromatic heterocycles. The highest BCUT2D eigenvalue weighted by Crippen LogP contribution is 2.44. The zero-order chi connectivity index (χ0) is 19.5. The molecular formula is C21H18N6O2. The van der Waals surface area contributed by atoms with Gasteiger partial charge in [0.1, 0.15) is 5.82 Å². The highest BCUT2D eigenvalue weighted by atomic mass is 16.4. The van der Waals surface area contributed by atoms with Crippen LogP contribution in [0.1, 0.15) is 45.9 Å². The molecule has 8 heteroatoms. The molecule has 0 spiro atoms. The summed E-state index contributed by atoms with van der Waals surface area (Å²) in [7, 11) is 0. The fourth-order valence-electron chi connectivity index (χ4n) is 4.18. The number of hydrogen-bond donors (Lipinski definition) is 2. The Labute approximate surface area is 165 Å². The topological polar surface area (TPSA) is 99.4 Å². The molecule has 0 amide bonds. The minimum absolute atomic E-state index is 0.103. The van der Waals surface area contributed by atoms with Gasteiger partial charge in [-0.25, -0.2) is 14.3 Å². The van der Waals surface area contributed by atoms with Gasteiger partial charge >= 0.3 is 5.97 Å². The number of rotatable bonds is 4.